The van der Waals surface area contributed by atoms with Gasteiger partial charge in [-0.3, -0.25) is 4.79 Å². The van der Waals surface area contributed by atoms with Gasteiger partial charge in [0.15, 0.2) is 5.78 Å². The van der Waals surface area contributed by atoms with Crippen LogP contribution in [-0.4, -0.2) is 12.9 Å². The second-order valence-electron chi connectivity index (χ2n) is 5.99. The molecule has 0 aromatic heterocycles. The van der Waals surface area contributed by atoms with Gasteiger partial charge in [0.25, 0.3) is 0 Å². The summed E-state index contributed by atoms with van der Waals surface area (Å²) >= 11 is 0. The molecule has 3 rings (SSSR count). The van der Waals surface area contributed by atoms with Gasteiger partial charge in [-0.25, -0.2) is 0 Å². The molecule has 0 spiro atoms. The van der Waals surface area contributed by atoms with Gasteiger partial charge < -0.3 is 4.74 Å². The molecule has 0 radical (unpaired) electrons. The minimum atomic E-state index is -0.00924. The summed E-state index contributed by atoms with van der Waals surface area (Å²) in [5, 5.41) is 0. The van der Waals surface area contributed by atoms with Crippen LogP contribution in [0.2, 0.25) is 0 Å². The third-order valence-corrected chi connectivity index (χ3v) is 4.95. The number of benzene rings is 1. The van der Waals surface area contributed by atoms with Crippen LogP contribution in [0.5, 0.6) is 5.75 Å². The minimum Gasteiger partial charge on any atom is -0.496 e. The van der Waals surface area contributed by atoms with E-state index in [-0.39, 0.29) is 5.41 Å². The van der Waals surface area contributed by atoms with Crippen molar-refractivity contribution in [1.29, 1.82) is 0 Å². The van der Waals surface area contributed by atoms with E-state index in [2.05, 4.69) is 26.0 Å². The highest BCUT2D eigenvalue weighted by atomic mass is 16.5. The Morgan fingerprint density at radius 2 is 2.00 bits per heavy atom. The highest BCUT2D eigenvalue weighted by molar-refractivity contribution is 5.98. The maximum atomic E-state index is 12.0. The van der Waals surface area contributed by atoms with E-state index in [1.807, 2.05) is 6.92 Å². The topological polar surface area (TPSA) is 26.3 Å². The summed E-state index contributed by atoms with van der Waals surface area (Å²) in [5.41, 5.74) is 6.10. The number of aryl methyl sites for hydroxylation is 1. The highest BCUT2D eigenvalue weighted by Gasteiger charge is 2.45. The van der Waals surface area contributed by atoms with Crippen LogP contribution >= 0.6 is 0 Å². The van der Waals surface area contributed by atoms with Gasteiger partial charge in [-0.05, 0) is 49.0 Å². The number of Topliss-reactive ketones (excluding diaryl/α,β-unsaturated/α-hetero) is 1. The number of ether oxygens (including phenoxy) is 1. The predicted octanol–water partition coefficient (Wildman–Crippen LogP) is 3.50. The van der Waals surface area contributed by atoms with Crippen molar-refractivity contribution in [3.05, 3.63) is 40.0 Å². The number of methoxy groups -OCH3 is 1. The summed E-state index contributed by atoms with van der Waals surface area (Å²) in [6.07, 6.45) is 2.47. The predicted molar refractivity (Wildman–Crippen MR) is 75.7 cm³/mol. The van der Waals surface area contributed by atoms with Gasteiger partial charge in [0.1, 0.15) is 5.75 Å². The van der Waals surface area contributed by atoms with Gasteiger partial charge in [0, 0.05) is 17.4 Å². The molecule has 0 amide bonds. The number of hydrogen-bond donors (Lipinski definition) is 0. The lowest BCUT2D eigenvalue weighted by atomic mass is 9.70. The summed E-state index contributed by atoms with van der Waals surface area (Å²) in [6, 6.07) is 4.32. The summed E-state index contributed by atoms with van der Waals surface area (Å²) in [5.74, 6) is 1.33. The summed E-state index contributed by atoms with van der Waals surface area (Å²) < 4.78 is 5.66. The number of carbonyl (C=O) groups is 1. The molecular weight excluding hydrogens is 236 g/mol. The van der Waals surface area contributed by atoms with Crippen LogP contribution in [0.15, 0.2) is 23.3 Å². The van der Waals surface area contributed by atoms with Crippen LogP contribution < -0.4 is 4.74 Å². The number of fused-ring (bicyclic) bond motifs is 3. The van der Waals surface area contributed by atoms with Gasteiger partial charge >= 0.3 is 0 Å². The fourth-order valence-electron chi connectivity index (χ4n) is 3.82. The Labute approximate surface area is 114 Å². The summed E-state index contributed by atoms with van der Waals surface area (Å²) in [4.78, 5) is 12.0. The zero-order chi connectivity index (χ0) is 13.8. The van der Waals surface area contributed by atoms with Gasteiger partial charge in [-0.15, -0.1) is 0 Å². The van der Waals surface area contributed by atoms with E-state index in [1.165, 1.54) is 22.3 Å². The molecule has 0 bridgehead atoms. The fraction of sp³-hybridized carbons (Fsp3) is 0.471. The third-order valence-electron chi connectivity index (χ3n) is 4.95. The van der Waals surface area contributed by atoms with E-state index in [0.717, 1.165) is 24.2 Å². The molecule has 1 unspecified atom stereocenters. The molecule has 2 aliphatic rings. The molecule has 2 nitrogen and oxygen atoms in total. The van der Waals surface area contributed by atoms with Crippen LogP contribution in [0.1, 0.15) is 43.4 Å². The Morgan fingerprint density at radius 3 is 2.68 bits per heavy atom. The smallest absolute Gasteiger partial charge is 0.158 e. The number of rotatable bonds is 1. The molecule has 0 heterocycles. The first kappa shape index (κ1) is 12.5. The first-order valence-corrected chi connectivity index (χ1v) is 6.89. The normalized spacial score (nSPS) is 25.4. The third kappa shape index (κ3) is 1.52. The maximum Gasteiger partial charge on any atom is 0.158 e. The number of hydrogen-bond acceptors (Lipinski definition) is 2. The van der Waals surface area contributed by atoms with E-state index in [0.29, 0.717) is 12.2 Å². The fourth-order valence-corrected chi connectivity index (χ4v) is 3.82. The van der Waals surface area contributed by atoms with Crippen molar-refractivity contribution in [1.82, 2.24) is 0 Å². The molecular formula is C17H20O2. The summed E-state index contributed by atoms with van der Waals surface area (Å²) in [6.45, 7) is 6.34. The molecule has 0 saturated carbocycles. The molecule has 1 aromatic carbocycles. The largest absolute Gasteiger partial charge is 0.496 e. The van der Waals surface area contributed by atoms with Crippen molar-refractivity contribution < 1.29 is 9.53 Å². The maximum absolute atomic E-state index is 12.0. The molecule has 0 saturated heterocycles. The number of ketones is 1. The Balaban J connectivity index is 2.30. The molecule has 2 heteroatoms. The van der Waals surface area contributed by atoms with E-state index in [1.54, 1.807) is 7.11 Å². The number of allylic oxidation sites excluding steroid dienone is 2. The number of carbonyl (C=O) groups excluding carboxylic acids is 1. The molecule has 0 aliphatic heterocycles. The van der Waals surface area contributed by atoms with Gasteiger partial charge in [-0.1, -0.05) is 19.1 Å². The first-order valence-electron chi connectivity index (χ1n) is 6.89. The van der Waals surface area contributed by atoms with Gasteiger partial charge in [0.05, 0.1) is 7.11 Å². The molecule has 0 N–H and O–H groups in total. The lowest BCUT2D eigenvalue weighted by molar-refractivity contribution is -0.116. The SMILES string of the molecule is COc1c(C)ccc2c1C1(C)CCC(=O)C(C)=C1C2. The van der Waals surface area contributed by atoms with Gasteiger partial charge in [-0.2, -0.15) is 0 Å². The van der Waals surface area contributed by atoms with Crippen molar-refractivity contribution in [3.8, 4) is 5.75 Å². The van der Waals surface area contributed by atoms with Crippen molar-refractivity contribution in [3.63, 3.8) is 0 Å². The van der Waals surface area contributed by atoms with Crippen LogP contribution in [0.4, 0.5) is 0 Å². The highest BCUT2D eigenvalue weighted by Crippen LogP contribution is 2.53. The van der Waals surface area contributed by atoms with Crippen molar-refractivity contribution in [2.75, 3.05) is 7.11 Å². The molecule has 100 valence electrons. The zero-order valence-corrected chi connectivity index (χ0v) is 12.1. The second kappa shape index (κ2) is 3.96. The Morgan fingerprint density at radius 1 is 1.26 bits per heavy atom. The Hall–Kier alpha value is -1.57. The van der Waals surface area contributed by atoms with Crippen molar-refractivity contribution in [2.45, 2.75) is 45.4 Å². The minimum absolute atomic E-state index is 0.00924. The molecule has 1 aromatic rings. The lowest BCUT2D eigenvalue weighted by Gasteiger charge is -2.33. The first-order chi connectivity index (χ1) is 8.99. The van der Waals surface area contributed by atoms with Crippen molar-refractivity contribution in [2.24, 2.45) is 0 Å². The average molecular weight is 256 g/mol. The van der Waals surface area contributed by atoms with Crippen LogP contribution in [0.3, 0.4) is 0 Å². The van der Waals surface area contributed by atoms with Crippen LogP contribution in [-0.2, 0) is 16.6 Å². The second-order valence-corrected chi connectivity index (χ2v) is 5.99. The van der Waals surface area contributed by atoms with E-state index in [9.17, 15) is 4.79 Å². The monoisotopic (exact) mass is 256 g/mol. The quantitative estimate of drug-likeness (QED) is 0.768. The average Bonchev–Trinajstić information content (AvgIpc) is 2.69. The molecule has 19 heavy (non-hydrogen) atoms. The van der Waals surface area contributed by atoms with E-state index >= 15 is 0 Å². The van der Waals surface area contributed by atoms with E-state index < -0.39 is 0 Å². The standard InChI is InChI=1S/C17H20O2/c1-10-5-6-12-9-13-11(2)14(18)7-8-17(13,3)15(12)16(10)19-4/h5-6H,7-9H2,1-4H3. The lowest BCUT2D eigenvalue weighted by Crippen LogP contribution is -2.29. The zero-order valence-electron chi connectivity index (χ0n) is 12.1. The van der Waals surface area contributed by atoms with Crippen LogP contribution in [0.25, 0.3) is 0 Å². The van der Waals surface area contributed by atoms with Crippen LogP contribution in [0, 0.1) is 6.92 Å². The van der Waals surface area contributed by atoms with Gasteiger partial charge in [0.2, 0.25) is 0 Å². The Kier molecular flexibility index (Phi) is 2.60. The Bertz CT molecular complexity index is 610. The summed E-state index contributed by atoms with van der Waals surface area (Å²) in [7, 11) is 1.74. The van der Waals surface area contributed by atoms with E-state index in [4.69, 9.17) is 4.74 Å². The molecule has 0 fully saturated rings. The molecule has 1 atom stereocenters. The molecule has 2 aliphatic carbocycles. The van der Waals surface area contributed by atoms with Crippen molar-refractivity contribution >= 4 is 5.78 Å².